The van der Waals surface area contributed by atoms with Crippen LogP contribution in [0.3, 0.4) is 0 Å². The lowest BCUT2D eigenvalue weighted by Gasteiger charge is -2.14. The van der Waals surface area contributed by atoms with Crippen molar-refractivity contribution in [1.29, 1.82) is 0 Å². The Morgan fingerprint density at radius 3 is 2.65 bits per heavy atom. The van der Waals surface area contributed by atoms with Crippen LogP contribution >= 0.6 is 15.9 Å². The molecule has 1 aliphatic carbocycles. The SMILES string of the molecule is O=C(O)C1CCC(NS(=O)(=O)c2ccc(F)cc2Br)C1. The third-order valence-electron chi connectivity index (χ3n) is 3.29. The van der Waals surface area contributed by atoms with Crippen molar-refractivity contribution < 1.29 is 22.7 Å². The highest BCUT2D eigenvalue weighted by Crippen LogP contribution is 2.28. The highest BCUT2D eigenvalue weighted by molar-refractivity contribution is 9.10. The molecule has 0 aromatic heterocycles. The molecule has 0 saturated heterocycles. The number of hydrogen-bond donors (Lipinski definition) is 2. The minimum absolute atomic E-state index is 0.0577. The molecule has 5 nitrogen and oxygen atoms in total. The molecule has 1 aromatic rings. The molecule has 20 heavy (non-hydrogen) atoms. The monoisotopic (exact) mass is 365 g/mol. The average Bonchev–Trinajstić information content (AvgIpc) is 2.76. The zero-order valence-electron chi connectivity index (χ0n) is 10.3. The number of carboxylic acids is 1. The molecule has 0 bridgehead atoms. The Balaban J connectivity index is 2.14. The van der Waals surface area contributed by atoms with Crippen molar-refractivity contribution >= 4 is 31.9 Å². The molecule has 1 aromatic carbocycles. The molecular formula is C12H13BrFNO4S. The van der Waals surface area contributed by atoms with Crippen LogP contribution in [0.2, 0.25) is 0 Å². The predicted molar refractivity (Wildman–Crippen MR) is 73.2 cm³/mol. The maximum Gasteiger partial charge on any atom is 0.306 e. The van der Waals surface area contributed by atoms with Crippen molar-refractivity contribution in [3.8, 4) is 0 Å². The third kappa shape index (κ3) is 3.36. The second kappa shape index (κ2) is 5.79. The van der Waals surface area contributed by atoms with Crippen molar-refractivity contribution in [3.63, 3.8) is 0 Å². The van der Waals surface area contributed by atoms with Crippen LogP contribution in [0.1, 0.15) is 19.3 Å². The van der Waals surface area contributed by atoms with E-state index >= 15 is 0 Å². The number of carbonyl (C=O) groups is 1. The number of rotatable bonds is 4. The fourth-order valence-electron chi connectivity index (χ4n) is 2.29. The molecule has 0 radical (unpaired) electrons. The fourth-order valence-corrected chi connectivity index (χ4v) is 4.62. The van der Waals surface area contributed by atoms with E-state index in [2.05, 4.69) is 20.7 Å². The number of halogens is 2. The standard InChI is InChI=1S/C12H13BrFNO4S/c13-10-6-8(14)2-4-11(10)20(18,19)15-9-3-1-7(5-9)12(16)17/h2,4,6-7,9,15H,1,3,5H2,(H,16,17). The van der Waals surface area contributed by atoms with E-state index in [-0.39, 0.29) is 15.8 Å². The Labute approximate surface area is 124 Å². The van der Waals surface area contributed by atoms with Gasteiger partial charge >= 0.3 is 5.97 Å². The molecule has 0 amide bonds. The van der Waals surface area contributed by atoms with Crippen molar-refractivity contribution in [1.82, 2.24) is 4.72 Å². The summed E-state index contributed by atoms with van der Waals surface area (Å²) in [7, 11) is -3.80. The molecule has 0 aliphatic heterocycles. The molecule has 1 saturated carbocycles. The van der Waals surface area contributed by atoms with E-state index in [1.165, 1.54) is 6.07 Å². The number of benzene rings is 1. The first-order valence-corrected chi connectivity index (χ1v) is 8.27. The number of hydrogen-bond acceptors (Lipinski definition) is 3. The smallest absolute Gasteiger partial charge is 0.306 e. The van der Waals surface area contributed by atoms with E-state index in [0.29, 0.717) is 12.8 Å². The van der Waals surface area contributed by atoms with Gasteiger partial charge < -0.3 is 5.11 Å². The number of sulfonamides is 1. The molecule has 1 fully saturated rings. The predicted octanol–water partition coefficient (Wildman–Crippen LogP) is 2.12. The Morgan fingerprint density at radius 2 is 2.10 bits per heavy atom. The molecule has 110 valence electrons. The minimum Gasteiger partial charge on any atom is -0.481 e. The minimum atomic E-state index is -3.80. The van der Waals surface area contributed by atoms with Gasteiger partial charge in [0, 0.05) is 10.5 Å². The number of aliphatic carboxylic acids is 1. The van der Waals surface area contributed by atoms with Crippen molar-refractivity contribution in [2.24, 2.45) is 5.92 Å². The van der Waals surface area contributed by atoms with Gasteiger partial charge in [0.15, 0.2) is 0 Å². The van der Waals surface area contributed by atoms with Crippen molar-refractivity contribution in [3.05, 3.63) is 28.5 Å². The van der Waals surface area contributed by atoms with E-state index in [1.54, 1.807) is 0 Å². The maximum absolute atomic E-state index is 13.0. The Bertz CT molecular complexity index is 634. The summed E-state index contributed by atoms with van der Waals surface area (Å²) >= 11 is 3.01. The van der Waals surface area contributed by atoms with Gasteiger partial charge in [-0.3, -0.25) is 4.79 Å². The maximum atomic E-state index is 13.0. The topological polar surface area (TPSA) is 83.5 Å². The molecule has 2 unspecified atom stereocenters. The van der Waals surface area contributed by atoms with E-state index in [1.807, 2.05) is 0 Å². The first-order valence-electron chi connectivity index (χ1n) is 6.00. The van der Waals surface area contributed by atoms with Gasteiger partial charge in [0.2, 0.25) is 10.0 Å². The molecule has 0 spiro atoms. The Kier molecular flexibility index (Phi) is 4.46. The van der Waals surface area contributed by atoms with Gasteiger partial charge in [-0.15, -0.1) is 0 Å². The van der Waals surface area contributed by atoms with Gasteiger partial charge in [-0.1, -0.05) is 0 Å². The summed E-state index contributed by atoms with van der Waals surface area (Å²) in [6.07, 6.45) is 1.20. The van der Waals surface area contributed by atoms with E-state index in [4.69, 9.17) is 5.11 Å². The van der Waals surface area contributed by atoms with E-state index < -0.39 is 33.8 Å². The largest absolute Gasteiger partial charge is 0.481 e. The summed E-state index contributed by atoms with van der Waals surface area (Å²) < 4.78 is 40.0. The lowest BCUT2D eigenvalue weighted by molar-refractivity contribution is -0.141. The highest BCUT2D eigenvalue weighted by atomic mass is 79.9. The lowest BCUT2D eigenvalue weighted by Crippen LogP contribution is -2.33. The Hall–Kier alpha value is -0.990. The zero-order chi connectivity index (χ0) is 14.9. The molecule has 8 heteroatoms. The molecular weight excluding hydrogens is 353 g/mol. The summed E-state index contributed by atoms with van der Waals surface area (Å²) in [5.74, 6) is -1.96. The summed E-state index contributed by atoms with van der Waals surface area (Å²) in [5, 5.41) is 8.89. The zero-order valence-corrected chi connectivity index (χ0v) is 12.7. The van der Waals surface area contributed by atoms with Crippen LogP contribution in [-0.2, 0) is 14.8 Å². The molecule has 2 atom stereocenters. The van der Waals surface area contributed by atoms with Crippen LogP contribution in [0.5, 0.6) is 0 Å². The average molecular weight is 366 g/mol. The van der Waals surface area contributed by atoms with Crippen molar-refractivity contribution in [2.75, 3.05) is 0 Å². The van der Waals surface area contributed by atoms with Gasteiger partial charge in [-0.05, 0) is 53.4 Å². The first-order chi connectivity index (χ1) is 9.29. The quantitative estimate of drug-likeness (QED) is 0.855. The van der Waals surface area contributed by atoms with Gasteiger partial charge in [0.1, 0.15) is 5.82 Å². The van der Waals surface area contributed by atoms with Crippen LogP contribution in [0, 0.1) is 11.7 Å². The van der Waals surface area contributed by atoms with Crippen LogP contribution in [0.4, 0.5) is 4.39 Å². The molecule has 1 aliphatic rings. The second-order valence-electron chi connectivity index (χ2n) is 4.74. The second-order valence-corrected chi connectivity index (χ2v) is 7.28. The van der Waals surface area contributed by atoms with Crippen LogP contribution in [-0.4, -0.2) is 25.5 Å². The summed E-state index contributed by atoms with van der Waals surface area (Å²) in [6, 6.07) is 2.90. The molecule has 2 rings (SSSR count). The molecule has 2 N–H and O–H groups in total. The highest BCUT2D eigenvalue weighted by Gasteiger charge is 2.32. The summed E-state index contributed by atoms with van der Waals surface area (Å²) in [5.41, 5.74) is 0. The normalized spacial score (nSPS) is 22.9. The molecule has 0 heterocycles. The number of carboxylic acid groups (broad SMARTS) is 1. The number of nitrogens with one attached hydrogen (secondary N) is 1. The third-order valence-corrected chi connectivity index (χ3v) is 5.78. The van der Waals surface area contributed by atoms with E-state index in [0.717, 1.165) is 12.1 Å². The summed E-state index contributed by atoms with van der Waals surface area (Å²) in [6.45, 7) is 0. The van der Waals surface area contributed by atoms with Gasteiger partial charge in [0.05, 0.1) is 10.8 Å². The lowest BCUT2D eigenvalue weighted by atomic mass is 10.1. The van der Waals surface area contributed by atoms with E-state index in [9.17, 15) is 17.6 Å². The van der Waals surface area contributed by atoms with Crippen LogP contribution in [0.25, 0.3) is 0 Å². The summed E-state index contributed by atoms with van der Waals surface area (Å²) in [4.78, 5) is 10.8. The van der Waals surface area contributed by atoms with Gasteiger partial charge in [-0.25, -0.2) is 17.5 Å². The van der Waals surface area contributed by atoms with Crippen LogP contribution in [0.15, 0.2) is 27.6 Å². The van der Waals surface area contributed by atoms with Crippen LogP contribution < -0.4 is 4.72 Å². The Morgan fingerprint density at radius 1 is 1.40 bits per heavy atom. The first kappa shape index (κ1) is 15.4. The fraction of sp³-hybridized carbons (Fsp3) is 0.417. The van der Waals surface area contributed by atoms with Gasteiger partial charge in [0.25, 0.3) is 0 Å². The van der Waals surface area contributed by atoms with Gasteiger partial charge in [-0.2, -0.15) is 0 Å². The van der Waals surface area contributed by atoms with Crippen molar-refractivity contribution in [2.45, 2.75) is 30.2 Å².